The number of hydrogen-bond acceptors (Lipinski definition) is 5. The minimum absolute atomic E-state index is 0.0557. The predicted octanol–water partition coefficient (Wildman–Crippen LogP) is 1.09. The summed E-state index contributed by atoms with van der Waals surface area (Å²) in [7, 11) is 0. The lowest BCUT2D eigenvalue weighted by Gasteiger charge is -2.22. The molecule has 1 aromatic heterocycles. The molecule has 0 radical (unpaired) electrons. The zero-order chi connectivity index (χ0) is 15.2. The van der Waals surface area contributed by atoms with Gasteiger partial charge in [0.25, 0.3) is 0 Å². The monoisotopic (exact) mass is 294 g/mol. The molecule has 1 aromatic rings. The fourth-order valence-electron chi connectivity index (χ4n) is 2.54. The van der Waals surface area contributed by atoms with Crippen molar-refractivity contribution in [1.82, 2.24) is 15.1 Å². The number of ether oxygens (including phenoxy) is 1. The number of nitrogens with one attached hydrogen (secondary N) is 1. The highest BCUT2D eigenvalue weighted by molar-refractivity contribution is 5.92. The molecule has 1 aliphatic carbocycles. The summed E-state index contributed by atoms with van der Waals surface area (Å²) in [6, 6.07) is 0.253. The molecule has 0 saturated heterocycles. The summed E-state index contributed by atoms with van der Waals surface area (Å²) in [5.74, 6) is -0.679. The molecule has 0 bridgehead atoms. The number of carbonyl (C=O) groups is 2. The second kappa shape index (κ2) is 7.10. The van der Waals surface area contributed by atoms with Crippen molar-refractivity contribution in [2.45, 2.75) is 51.6 Å². The van der Waals surface area contributed by atoms with Crippen LogP contribution in [0.25, 0.3) is 0 Å². The number of hydrogen-bond donors (Lipinski definition) is 2. The van der Waals surface area contributed by atoms with E-state index < -0.39 is 5.97 Å². The maximum absolute atomic E-state index is 12.0. The van der Waals surface area contributed by atoms with Gasteiger partial charge in [0, 0.05) is 12.2 Å². The Labute approximate surface area is 123 Å². The molecule has 1 aliphatic rings. The molecule has 3 N–H and O–H groups in total. The lowest BCUT2D eigenvalue weighted by molar-refractivity contribution is -0.122. The van der Waals surface area contributed by atoms with Gasteiger partial charge < -0.3 is 15.8 Å². The quantitative estimate of drug-likeness (QED) is 0.792. The van der Waals surface area contributed by atoms with Crippen LogP contribution < -0.4 is 11.1 Å². The molecule has 0 spiro atoms. The van der Waals surface area contributed by atoms with Crippen LogP contribution in [0.3, 0.4) is 0 Å². The second-order valence-electron chi connectivity index (χ2n) is 5.25. The van der Waals surface area contributed by atoms with Crippen molar-refractivity contribution in [3.8, 4) is 0 Å². The Hall–Kier alpha value is -2.05. The third-order valence-corrected chi connectivity index (χ3v) is 3.53. The highest BCUT2D eigenvalue weighted by atomic mass is 16.5. The molecule has 1 amide bonds. The molecule has 116 valence electrons. The summed E-state index contributed by atoms with van der Waals surface area (Å²) >= 11 is 0. The molecule has 7 heteroatoms. The van der Waals surface area contributed by atoms with Crippen LogP contribution in [0.15, 0.2) is 6.20 Å². The van der Waals surface area contributed by atoms with E-state index >= 15 is 0 Å². The molecule has 2 rings (SSSR count). The normalized spacial score (nSPS) is 15.7. The smallest absolute Gasteiger partial charge is 0.361 e. The minimum Gasteiger partial charge on any atom is -0.461 e. The van der Waals surface area contributed by atoms with E-state index in [1.165, 1.54) is 17.3 Å². The highest BCUT2D eigenvalue weighted by Gasteiger charge is 2.19. The summed E-state index contributed by atoms with van der Waals surface area (Å²) in [5, 5.41) is 7.01. The number of nitrogen functional groups attached to an aromatic ring is 1. The molecule has 1 fully saturated rings. The first kappa shape index (κ1) is 15.3. The Kier molecular flexibility index (Phi) is 5.19. The molecule has 0 aromatic carbocycles. The van der Waals surface area contributed by atoms with Gasteiger partial charge in [0.15, 0.2) is 5.69 Å². The third kappa shape index (κ3) is 4.21. The van der Waals surface area contributed by atoms with E-state index in [-0.39, 0.29) is 36.5 Å². The lowest BCUT2D eigenvalue weighted by atomic mass is 9.95. The second-order valence-corrected chi connectivity index (χ2v) is 5.25. The number of anilines is 1. The van der Waals surface area contributed by atoms with Crippen LogP contribution in [0.5, 0.6) is 0 Å². The van der Waals surface area contributed by atoms with Crippen molar-refractivity contribution in [2.24, 2.45) is 0 Å². The van der Waals surface area contributed by atoms with Crippen LogP contribution in [0.2, 0.25) is 0 Å². The summed E-state index contributed by atoms with van der Waals surface area (Å²) in [5.41, 5.74) is 6.00. The molecular weight excluding hydrogens is 272 g/mol. The van der Waals surface area contributed by atoms with E-state index in [4.69, 9.17) is 10.5 Å². The first-order chi connectivity index (χ1) is 10.1. The van der Waals surface area contributed by atoms with Crippen LogP contribution in [0, 0.1) is 0 Å². The van der Waals surface area contributed by atoms with E-state index in [2.05, 4.69) is 10.4 Å². The van der Waals surface area contributed by atoms with Gasteiger partial charge in [-0.3, -0.25) is 9.48 Å². The van der Waals surface area contributed by atoms with Crippen LogP contribution in [-0.4, -0.2) is 34.3 Å². The van der Waals surface area contributed by atoms with Crippen molar-refractivity contribution < 1.29 is 14.3 Å². The number of aromatic nitrogens is 2. The molecule has 1 heterocycles. The van der Waals surface area contributed by atoms with Crippen molar-refractivity contribution in [1.29, 1.82) is 0 Å². The van der Waals surface area contributed by atoms with Gasteiger partial charge >= 0.3 is 5.97 Å². The van der Waals surface area contributed by atoms with Crippen LogP contribution >= 0.6 is 0 Å². The van der Waals surface area contributed by atoms with E-state index in [0.29, 0.717) is 0 Å². The standard InChI is InChI=1S/C14H22N4O3/c1-2-21-14(20)13-11(15)8-18(17-13)9-12(19)16-10-6-4-3-5-7-10/h8,10H,2-7,9,15H2,1H3,(H,16,19). The first-order valence-electron chi connectivity index (χ1n) is 7.39. The minimum atomic E-state index is -0.568. The van der Waals surface area contributed by atoms with Gasteiger partial charge in [-0.1, -0.05) is 19.3 Å². The average Bonchev–Trinajstić information content (AvgIpc) is 2.80. The van der Waals surface area contributed by atoms with E-state index in [1.807, 2.05) is 0 Å². The Morgan fingerprint density at radius 1 is 1.43 bits per heavy atom. The summed E-state index contributed by atoms with van der Waals surface area (Å²) in [6.07, 6.45) is 7.10. The molecule has 0 atom stereocenters. The third-order valence-electron chi connectivity index (χ3n) is 3.53. The first-order valence-corrected chi connectivity index (χ1v) is 7.39. The number of nitrogens with two attached hydrogens (primary N) is 1. The van der Waals surface area contributed by atoms with Crippen molar-refractivity contribution in [2.75, 3.05) is 12.3 Å². The Morgan fingerprint density at radius 3 is 2.81 bits per heavy atom. The van der Waals surface area contributed by atoms with Crippen LogP contribution in [-0.2, 0) is 16.1 Å². The molecule has 0 unspecified atom stereocenters. The highest BCUT2D eigenvalue weighted by Crippen LogP contribution is 2.17. The van der Waals surface area contributed by atoms with Crippen molar-refractivity contribution >= 4 is 17.6 Å². The Balaban J connectivity index is 1.91. The zero-order valence-electron chi connectivity index (χ0n) is 12.3. The summed E-state index contributed by atoms with van der Waals surface area (Å²) < 4.78 is 6.23. The van der Waals surface area contributed by atoms with Crippen molar-refractivity contribution in [3.05, 3.63) is 11.9 Å². The van der Waals surface area contributed by atoms with Crippen LogP contribution in [0.1, 0.15) is 49.5 Å². The largest absolute Gasteiger partial charge is 0.461 e. The van der Waals surface area contributed by atoms with E-state index in [0.717, 1.165) is 25.7 Å². The number of nitrogens with zero attached hydrogens (tertiary/aromatic N) is 2. The average molecular weight is 294 g/mol. The molecule has 1 saturated carbocycles. The number of esters is 1. The van der Waals surface area contributed by atoms with E-state index in [9.17, 15) is 9.59 Å². The maximum Gasteiger partial charge on any atom is 0.361 e. The molecule has 0 aliphatic heterocycles. The summed E-state index contributed by atoms with van der Waals surface area (Å²) in [4.78, 5) is 23.6. The maximum atomic E-state index is 12.0. The van der Waals surface area contributed by atoms with Gasteiger partial charge in [-0.2, -0.15) is 5.10 Å². The summed E-state index contributed by atoms with van der Waals surface area (Å²) in [6.45, 7) is 2.02. The van der Waals surface area contributed by atoms with Gasteiger partial charge in [-0.05, 0) is 19.8 Å². The Morgan fingerprint density at radius 2 is 2.14 bits per heavy atom. The van der Waals surface area contributed by atoms with Gasteiger partial charge in [-0.15, -0.1) is 0 Å². The predicted molar refractivity (Wildman–Crippen MR) is 77.6 cm³/mol. The Bertz CT molecular complexity index is 506. The van der Waals surface area contributed by atoms with Gasteiger partial charge in [0.2, 0.25) is 5.91 Å². The van der Waals surface area contributed by atoms with E-state index in [1.54, 1.807) is 6.92 Å². The van der Waals surface area contributed by atoms with Gasteiger partial charge in [-0.25, -0.2) is 4.79 Å². The van der Waals surface area contributed by atoms with Crippen molar-refractivity contribution in [3.63, 3.8) is 0 Å². The number of rotatable bonds is 5. The number of amides is 1. The SMILES string of the molecule is CCOC(=O)c1nn(CC(=O)NC2CCCCC2)cc1N. The van der Waals surface area contributed by atoms with Crippen LogP contribution in [0.4, 0.5) is 5.69 Å². The zero-order valence-corrected chi connectivity index (χ0v) is 12.3. The lowest BCUT2D eigenvalue weighted by Crippen LogP contribution is -2.38. The van der Waals surface area contributed by atoms with Gasteiger partial charge in [0.05, 0.1) is 12.3 Å². The molecular formula is C14H22N4O3. The topological polar surface area (TPSA) is 99.2 Å². The number of carbonyl (C=O) groups excluding carboxylic acids is 2. The fraction of sp³-hybridized carbons (Fsp3) is 0.643. The molecule has 21 heavy (non-hydrogen) atoms. The van der Waals surface area contributed by atoms with Gasteiger partial charge in [0.1, 0.15) is 6.54 Å². The fourth-order valence-corrected chi connectivity index (χ4v) is 2.54. The molecule has 7 nitrogen and oxygen atoms in total.